The number of pyridine rings is 1. The summed E-state index contributed by atoms with van der Waals surface area (Å²) in [6, 6.07) is 0. The third-order valence-corrected chi connectivity index (χ3v) is 3.67. The fourth-order valence-corrected chi connectivity index (χ4v) is 2.51. The number of aromatic nitrogens is 1. The van der Waals surface area contributed by atoms with Crippen LogP contribution >= 0.6 is 23.2 Å². The van der Waals surface area contributed by atoms with Gasteiger partial charge in [0, 0.05) is 27.1 Å². The van der Waals surface area contributed by atoms with Gasteiger partial charge in [0.05, 0.1) is 18.9 Å². The average Bonchev–Trinajstić information content (AvgIpc) is 2.43. The van der Waals surface area contributed by atoms with Gasteiger partial charge in [-0.05, 0) is 0 Å². The van der Waals surface area contributed by atoms with Gasteiger partial charge < -0.3 is 20.3 Å². The number of ether oxygens (including phenoxy) is 1. The maximum Gasteiger partial charge on any atom is 0.221 e. The van der Waals surface area contributed by atoms with Crippen LogP contribution in [-0.2, 0) is 9.53 Å². The molecule has 2 heterocycles. The van der Waals surface area contributed by atoms with Gasteiger partial charge >= 0.3 is 0 Å². The van der Waals surface area contributed by atoms with Crippen molar-refractivity contribution in [3.63, 3.8) is 0 Å². The molecule has 1 saturated heterocycles. The molecule has 20 heavy (non-hydrogen) atoms. The second-order valence-electron chi connectivity index (χ2n) is 4.32. The first kappa shape index (κ1) is 15.2. The molecule has 0 saturated carbocycles. The Hall–Kier alpha value is -1.24. The largest absolute Gasteiger partial charge is 0.378 e. The SMILES string of the molecule is CNc1nc(Cl)c(Cl)c(N2CCOCC2)c1NC(C)=O. The topological polar surface area (TPSA) is 66.5 Å². The molecule has 1 aliphatic heterocycles. The molecule has 1 amide bonds. The van der Waals surface area contributed by atoms with Crippen LogP contribution in [0.1, 0.15) is 6.92 Å². The summed E-state index contributed by atoms with van der Waals surface area (Å²) in [4.78, 5) is 17.6. The Bertz CT molecular complexity index is 519. The lowest BCUT2D eigenvalue weighted by atomic mass is 10.2. The Kier molecular flexibility index (Phi) is 4.91. The summed E-state index contributed by atoms with van der Waals surface area (Å²) in [6.45, 7) is 3.99. The van der Waals surface area contributed by atoms with Crippen molar-refractivity contribution in [3.8, 4) is 0 Å². The fraction of sp³-hybridized carbons (Fsp3) is 0.500. The first-order valence-electron chi connectivity index (χ1n) is 6.21. The Morgan fingerprint density at radius 2 is 2.00 bits per heavy atom. The van der Waals surface area contributed by atoms with E-state index >= 15 is 0 Å². The van der Waals surface area contributed by atoms with E-state index in [1.54, 1.807) is 7.05 Å². The lowest BCUT2D eigenvalue weighted by molar-refractivity contribution is -0.114. The average molecular weight is 319 g/mol. The Morgan fingerprint density at radius 3 is 2.55 bits per heavy atom. The van der Waals surface area contributed by atoms with Crippen LogP contribution in [0.4, 0.5) is 17.2 Å². The van der Waals surface area contributed by atoms with Crippen molar-refractivity contribution >= 4 is 46.3 Å². The minimum absolute atomic E-state index is 0.198. The highest BCUT2D eigenvalue weighted by molar-refractivity contribution is 6.43. The summed E-state index contributed by atoms with van der Waals surface area (Å²) >= 11 is 12.4. The third kappa shape index (κ3) is 3.08. The van der Waals surface area contributed by atoms with Crippen LogP contribution in [-0.4, -0.2) is 44.2 Å². The van der Waals surface area contributed by atoms with Crippen molar-refractivity contribution in [2.24, 2.45) is 0 Å². The monoisotopic (exact) mass is 318 g/mol. The zero-order valence-electron chi connectivity index (χ0n) is 11.3. The number of hydrogen-bond acceptors (Lipinski definition) is 5. The Labute approximate surface area is 127 Å². The van der Waals surface area contributed by atoms with Gasteiger partial charge in [-0.2, -0.15) is 0 Å². The molecular weight excluding hydrogens is 303 g/mol. The molecule has 2 rings (SSSR count). The van der Waals surface area contributed by atoms with Crippen molar-refractivity contribution in [1.82, 2.24) is 4.98 Å². The molecule has 0 aliphatic carbocycles. The highest BCUT2D eigenvalue weighted by atomic mass is 35.5. The summed E-state index contributed by atoms with van der Waals surface area (Å²) < 4.78 is 5.33. The van der Waals surface area contributed by atoms with E-state index in [9.17, 15) is 4.79 Å². The van der Waals surface area contributed by atoms with Crippen LogP contribution < -0.4 is 15.5 Å². The van der Waals surface area contributed by atoms with Crippen LogP contribution in [0.3, 0.4) is 0 Å². The molecule has 1 aromatic heterocycles. The summed E-state index contributed by atoms with van der Waals surface area (Å²) in [6.07, 6.45) is 0. The van der Waals surface area contributed by atoms with Crippen molar-refractivity contribution in [3.05, 3.63) is 10.2 Å². The number of amides is 1. The van der Waals surface area contributed by atoms with E-state index in [2.05, 4.69) is 15.6 Å². The van der Waals surface area contributed by atoms with Crippen LogP contribution in [0.25, 0.3) is 0 Å². The van der Waals surface area contributed by atoms with Crippen molar-refractivity contribution in [2.75, 3.05) is 48.9 Å². The molecule has 1 aliphatic rings. The number of hydrogen-bond donors (Lipinski definition) is 2. The predicted octanol–water partition coefficient (Wildman–Crippen LogP) is 2.23. The van der Waals surface area contributed by atoms with Crippen LogP contribution in [0.15, 0.2) is 0 Å². The minimum Gasteiger partial charge on any atom is -0.378 e. The second-order valence-corrected chi connectivity index (χ2v) is 5.06. The summed E-state index contributed by atoms with van der Waals surface area (Å²) in [7, 11) is 1.71. The van der Waals surface area contributed by atoms with Gasteiger partial charge in [-0.15, -0.1) is 0 Å². The van der Waals surface area contributed by atoms with E-state index in [1.165, 1.54) is 6.92 Å². The molecule has 6 nitrogen and oxygen atoms in total. The number of anilines is 3. The number of halogens is 2. The normalized spacial score (nSPS) is 15.1. The molecule has 0 aromatic carbocycles. The standard InChI is InChI=1S/C12H16Cl2N4O2/c1-7(19)16-9-10(18-3-5-20-6-4-18)8(13)11(14)17-12(9)15-2/h3-6H2,1-2H3,(H,15,17)(H,16,19). The first-order chi connectivity index (χ1) is 9.54. The smallest absolute Gasteiger partial charge is 0.221 e. The number of morpholine rings is 1. The van der Waals surface area contributed by atoms with Gasteiger partial charge in [-0.1, -0.05) is 23.2 Å². The lowest BCUT2D eigenvalue weighted by Crippen LogP contribution is -2.37. The van der Waals surface area contributed by atoms with Gasteiger partial charge in [0.1, 0.15) is 10.7 Å². The molecule has 2 N–H and O–H groups in total. The van der Waals surface area contributed by atoms with Crippen molar-refractivity contribution in [2.45, 2.75) is 6.92 Å². The van der Waals surface area contributed by atoms with E-state index in [-0.39, 0.29) is 11.1 Å². The van der Waals surface area contributed by atoms with Gasteiger partial charge in [-0.3, -0.25) is 4.79 Å². The van der Waals surface area contributed by atoms with E-state index in [0.29, 0.717) is 48.5 Å². The molecule has 110 valence electrons. The van der Waals surface area contributed by atoms with E-state index in [0.717, 1.165) is 0 Å². The van der Waals surface area contributed by atoms with Gasteiger partial charge in [0.25, 0.3) is 0 Å². The summed E-state index contributed by atoms with van der Waals surface area (Å²) in [5, 5.41) is 6.22. The zero-order chi connectivity index (χ0) is 14.7. The Balaban J connectivity index is 2.54. The number of nitrogens with zero attached hydrogens (tertiary/aromatic N) is 2. The highest BCUT2D eigenvalue weighted by Crippen LogP contribution is 2.42. The molecule has 0 radical (unpaired) electrons. The minimum atomic E-state index is -0.198. The quantitative estimate of drug-likeness (QED) is 0.836. The zero-order valence-corrected chi connectivity index (χ0v) is 12.8. The number of rotatable bonds is 3. The molecule has 0 unspecified atom stereocenters. The number of carbonyl (C=O) groups excluding carboxylic acids is 1. The predicted molar refractivity (Wildman–Crippen MR) is 81.1 cm³/mol. The van der Waals surface area contributed by atoms with Crippen LogP contribution in [0.2, 0.25) is 10.2 Å². The fourth-order valence-electron chi connectivity index (χ4n) is 2.08. The van der Waals surface area contributed by atoms with Crippen LogP contribution in [0.5, 0.6) is 0 Å². The van der Waals surface area contributed by atoms with Gasteiger partial charge in [0.15, 0.2) is 11.0 Å². The molecule has 1 fully saturated rings. The van der Waals surface area contributed by atoms with E-state index in [1.807, 2.05) is 4.90 Å². The van der Waals surface area contributed by atoms with Crippen LogP contribution in [0, 0.1) is 0 Å². The van der Waals surface area contributed by atoms with Gasteiger partial charge in [0.2, 0.25) is 5.91 Å². The first-order valence-corrected chi connectivity index (χ1v) is 6.97. The molecule has 0 spiro atoms. The van der Waals surface area contributed by atoms with E-state index < -0.39 is 0 Å². The third-order valence-electron chi connectivity index (χ3n) is 2.94. The van der Waals surface area contributed by atoms with Crippen molar-refractivity contribution < 1.29 is 9.53 Å². The molecule has 0 bridgehead atoms. The lowest BCUT2D eigenvalue weighted by Gasteiger charge is -2.32. The number of carbonyl (C=O) groups is 1. The van der Waals surface area contributed by atoms with E-state index in [4.69, 9.17) is 27.9 Å². The number of nitrogens with one attached hydrogen (secondary N) is 2. The van der Waals surface area contributed by atoms with Gasteiger partial charge in [-0.25, -0.2) is 4.98 Å². The Morgan fingerprint density at radius 1 is 1.35 bits per heavy atom. The maximum atomic E-state index is 11.4. The van der Waals surface area contributed by atoms with Crippen molar-refractivity contribution in [1.29, 1.82) is 0 Å². The maximum absolute atomic E-state index is 11.4. The molecule has 1 aromatic rings. The molecular formula is C12H16Cl2N4O2. The summed E-state index contributed by atoms with van der Waals surface area (Å²) in [5.41, 5.74) is 1.21. The highest BCUT2D eigenvalue weighted by Gasteiger charge is 2.24. The summed E-state index contributed by atoms with van der Waals surface area (Å²) in [5.74, 6) is 0.285. The molecule has 0 atom stereocenters. The molecule has 8 heteroatoms. The second kappa shape index (κ2) is 6.47.